The van der Waals surface area contributed by atoms with Crippen molar-refractivity contribution in [3.05, 3.63) is 59.4 Å². The van der Waals surface area contributed by atoms with E-state index in [9.17, 15) is 0 Å². The number of benzene rings is 2. The van der Waals surface area contributed by atoms with Gasteiger partial charge in [0.05, 0.1) is 18.1 Å². The van der Waals surface area contributed by atoms with E-state index in [4.69, 9.17) is 9.72 Å². The van der Waals surface area contributed by atoms with E-state index in [1.54, 1.807) is 7.11 Å². The summed E-state index contributed by atoms with van der Waals surface area (Å²) in [7, 11) is 1.68. The molecule has 3 rings (SSSR count). The van der Waals surface area contributed by atoms with Crippen molar-refractivity contribution in [3.63, 3.8) is 0 Å². The minimum Gasteiger partial charge on any atom is -0.497 e. The number of hydrogen-bond acceptors (Lipinski definition) is 2. The van der Waals surface area contributed by atoms with E-state index in [-0.39, 0.29) is 0 Å². The molecule has 0 bridgehead atoms. The molecule has 2 aromatic carbocycles. The van der Waals surface area contributed by atoms with Crippen LogP contribution >= 0.6 is 0 Å². The lowest BCUT2D eigenvalue weighted by Gasteiger charge is -2.11. The molecule has 23 heavy (non-hydrogen) atoms. The molecule has 0 atom stereocenters. The van der Waals surface area contributed by atoms with Gasteiger partial charge in [-0.3, -0.25) is 0 Å². The number of aromatic nitrogens is 2. The lowest BCUT2D eigenvalue weighted by atomic mass is 10.2. The molecule has 0 N–H and O–H groups in total. The molecule has 0 fully saturated rings. The summed E-state index contributed by atoms with van der Waals surface area (Å²) in [4.78, 5) is 4.78. The van der Waals surface area contributed by atoms with Crippen LogP contribution in [0.25, 0.3) is 23.2 Å². The van der Waals surface area contributed by atoms with Crippen molar-refractivity contribution in [2.24, 2.45) is 0 Å². The fourth-order valence-electron chi connectivity index (χ4n) is 2.77. The van der Waals surface area contributed by atoms with Crippen molar-refractivity contribution in [1.29, 1.82) is 0 Å². The normalized spacial score (nSPS) is 11.7. The van der Waals surface area contributed by atoms with Gasteiger partial charge in [0.15, 0.2) is 0 Å². The van der Waals surface area contributed by atoms with Crippen LogP contribution in [0.15, 0.2) is 42.5 Å². The molecule has 0 aliphatic heterocycles. The quantitative estimate of drug-likeness (QED) is 0.670. The highest BCUT2D eigenvalue weighted by molar-refractivity contribution is 5.80. The number of imidazole rings is 1. The van der Waals surface area contributed by atoms with Crippen LogP contribution in [0.5, 0.6) is 5.75 Å². The van der Waals surface area contributed by atoms with Gasteiger partial charge in [0.2, 0.25) is 0 Å². The zero-order valence-corrected chi connectivity index (χ0v) is 14.1. The minimum atomic E-state index is 0.359. The average molecular weight is 306 g/mol. The highest BCUT2D eigenvalue weighted by Crippen LogP contribution is 2.24. The predicted octanol–water partition coefficient (Wildman–Crippen LogP) is 5.10. The van der Waals surface area contributed by atoms with E-state index in [1.165, 1.54) is 11.1 Å². The van der Waals surface area contributed by atoms with Gasteiger partial charge in [-0.2, -0.15) is 0 Å². The predicted molar refractivity (Wildman–Crippen MR) is 96.8 cm³/mol. The first-order chi connectivity index (χ1) is 11.1. The molecule has 3 nitrogen and oxygen atoms in total. The maximum Gasteiger partial charge on any atom is 0.134 e. The lowest BCUT2D eigenvalue weighted by Crippen LogP contribution is -2.02. The number of hydrogen-bond donors (Lipinski definition) is 0. The van der Waals surface area contributed by atoms with Crippen LogP contribution < -0.4 is 4.74 Å². The SMILES string of the molecule is COc1ccc(C=Cc2nc3ccc(C)cc3n2C(C)C)cc1. The summed E-state index contributed by atoms with van der Waals surface area (Å²) in [6, 6.07) is 14.8. The van der Waals surface area contributed by atoms with Gasteiger partial charge in [0, 0.05) is 6.04 Å². The van der Waals surface area contributed by atoms with Crippen LogP contribution in [-0.4, -0.2) is 16.7 Å². The molecule has 0 aliphatic carbocycles. The first-order valence-corrected chi connectivity index (χ1v) is 7.89. The number of fused-ring (bicyclic) bond motifs is 1. The van der Waals surface area contributed by atoms with E-state index >= 15 is 0 Å². The zero-order valence-electron chi connectivity index (χ0n) is 14.1. The Balaban J connectivity index is 2.01. The summed E-state index contributed by atoms with van der Waals surface area (Å²) in [5, 5.41) is 0. The Morgan fingerprint density at radius 3 is 2.43 bits per heavy atom. The Labute approximate surface area is 137 Å². The van der Waals surface area contributed by atoms with E-state index in [1.807, 2.05) is 24.3 Å². The molecule has 1 heterocycles. The molecular weight excluding hydrogens is 284 g/mol. The van der Waals surface area contributed by atoms with Gasteiger partial charge >= 0.3 is 0 Å². The molecule has 0 radical (unpaired) electrons. The Morgan fingerprint density at radius 1 is 1.04 bits per heavy atom. The Bertz CT molecular complexity index is 842. The fourth-order valence-corrected chi connectivity index (χ4v) is 2.77. The van der Waals surface area contributed by atoms with Crippen LogP contribution in [0.1, 0.15) is 36.8 Å². The first kappa shape index (κ1) is 15.3. The second-order valence-electron chi connectivity index (χ2n) is 6.03. The third-order valence-electron chi connectivity index (χ3n) is 3.93. The molecule has 118 valence electrons. The molecule has 0 saturated heterocycles. The van der Waals surface area contributed by atoms with E-state index < -0.39 is 0 Å². The van der Waals surface area contributed by atoms with E-state index in [0.717, 1.165) is 22.7 Å². The van der Waals surface area contributed by atoms with Crippen LogP contribution in [-0.2, 0) is 0 Å². The molecule has 0 aliphatic rings. The maximum atomic E-state index is 5.19. The molecule has 3 aromatic rings. The summed E-state index contributed by atoms with van der Waals surface area (Å²) >= 11 is 0. The minimum absolute atomic E-state index is 0.359. The Hall–Kier alpha value is -2.55. The van der Waals surface area contributed by atoms with Crippen LogP contribution in [0.3, 0.4) is 0 Å². The Kier molecular flexibility index (Phi) is 4.20. The molecule has 1 aromatic heterocycles. The standard InChI is InChI=1S/C20H22N2O/c1-14(2)22-19-13-15(3)5-11-18(19)21-20(22)12-8-16-6-9-17(23-4)10-7-16/h5-14H,1-4H3. The second-order valence-corrected chi connectivity index (χ2v) is 6.03. The smallest absolute Gasteiger partial charge is 0.134 e. The molecule has 0 spiro atoms. The van der Waals surface area contributed by atoms with Crippen molar-refractivity contribution < 1.29 is 4.74 Å². The monoisotopic (exact) mass is 306 g/mol. The van der Waals surface area contributed by atoms with Crippen molar-refractivity contribution >= 4 is 23.2 Å². The second kappa shape index (κ2) is 6.29. The van der Waals surface area contributed by atoms with Gasteiger partial charge in [-0.15, -0.1) is 0 Å². The zero-order chi connectivity index (χ0) is 16.4. The summed E-state index contributed by atoms with van der Waals surface area (Å²) in [6.07, 6.45) is 4.17. The molecule has 0 saturated carbocycles. The van der Waals surface area contributed by atoms with Crippen molar-refractivity contribution in [2.75, 3.05) is 7.11 Å². The number of aryl methyl sites for hydroxylation is 1. The lowest BCUT2D eigenvalue weighted by molar-refractivity contribution is 0.415. The van der Waals surface area contributed by atoms with Crippen molar-refractivity contribution in [3.8, 4) is 5.75 Å². The van der Waals surface area contributed by atoms with Crippen molar-refractivity contribution in [2.45, 2.75) is 26.8 Å². The van der Waals surface area contributed by atoms with E-state index in [0.29, 0.717) is 6.04 Å². The Morgan fingerprint density at radius 2 is 1.78 bits per heavy atom. The van der Waals surface area contributed by atoms with Gasteiger partial charge in [0.1, 0.15) is 11.6 Å². The summed E-state index contributed by atoms with van der Waals surface area (Å²) in [5.74, 6) is 1.85. The number of rotatable bonds is 4. The van der Waals surface area contributed by atoms with Gasteiger partial charge < -0.3 is 9.30 Å². The van der Waals surface area contributed by atoms with Crippen LogP contribution in [0.2, 0.25) is 0 Å². The third kappa shape index (κ3) is 3.14. The van der Waals surface area contributed by atoms with Gasteiger partial charge in [-0.25, -0.2) is 4.98 Å². The number of methoxy groups -OCH3 is 1. The highest BCUT2D eigenvalue weighted by atomic mass is 16.5. The maximum absolute atomic E-state index is 5.19. The fraction of sp³-hybridized carbons (Fsp3) is 0.250. The van der Waals surface area contributed by atoms with Crippen LogP contribution in [0, 0.1) is 6.92 Å². The third-order valence-corrected chi connectivity index (χ3v) is 3.93. The largest absolute Gasteiger partial charge is 0.497 e. The van der Waals surface area contributed by atoms with E-state index in [2.05, 4.69) is 55.7 Å². The first-order valence-electron chi connectivity index (χ1n) is 7.89. The molecule has 0 unspecified atom stereocenters. The highest BCUT2D eigenvalue weighted by Gasteiger charge is 2.11. The van der Waals surface area contributed by atoms with Crippen LogP contribution in [0.4, 0.5) is 0 Å². The molecular formula is C20H22N2O. The summed E-state index contributed by atoms with van der Waals surface area (Å²) in [5.41, 5.74) is 4.61. The average Bonchev–Trinajstić information content (AvgIpc) is 2.91. The van der Waals surface area contributed by atoms with Gasteiger partial charge in [-0.1, -0.05) is 24.3 Å². The van der Waals surface area contributed by atoms with Gasteiger partial charge in [-0.05, 0) is 62.2 Å². The van der Waals surface area contributed by atoms with Gasteiger partial charge in [0.25, 0.3) is 0 Å². The molecule has 3 heteroatoms. The topological polar surface area (TPSA) is 27.1 Å². The summed E-state index contributed by atoms with van der Waals surface area (Å²) in [6.45, 7) is 6.49. The number of nitrogens with zero attached hydrogens (tertiary/aromatic N) is 2. The summed E-state index contributed by atoms with van der Waals surface area (Å²) < 4.78 is 7.47. The molecule has 0 amide bonds. The number of ether oxygens (including phenoxy) is 1. The van der Waals surface area contributed by atoms with Crippen molar-refractivity contribution in [1.82, 2.24) is 9.55 Å².